The van der Waals surface area contributed by atoms with Crippen LogP contribution in [0.15, 0.2) is 11.8 Å². The van der Waals surface area contributed by atoms with E-state index in [0.29, 0.717) is 0 Å². The van der Waals surface area contributed by atoms with E-state index >= 15 is 0 Å². The van der Waals surface area contributed by atoms with Crippen molar-refractivity contribution in [2.45, 2.75) is 24.2 Å². The van der Waals surface area contributed by atoms with Crippen LogP contribution < -0.4 is 10.5 Å². The molecule has 4 atom stereocenters. The Balaban J connectivity index is 2.52. The molecule has 4 N–H and O–H groups in total. The van der Waals surface area contributed by atoms with Crippen molar-refractivity contribution in [1.82, 2.24) is 10.2 Å². The number of carbonyl (C=O) groups is 3. The molecule has 0 bridgehead atoms. The Morgan fingerprint density at radius 2 is 2.00 bits per heavy atom. The van der Waals surface area contributed by atoms with Crippen LogP contribution in [0.4, 0.5) is 13.2 Å². The Bertz CT molecular complexity index is 858. The van der Waals surface area contributed by atoms with Crippen molar-refractivity contribution in [1.29, 1.82) is 0 Å². The first-order valence-electron chi connectivity index (χ1n) is 8.25. The summed E-state index contributed by atoms with van der Waals surface area (Å²) in [6.07, 6.45) is -6.42. The number of allylic oxidation sites excluding steroid dienone is 1. The van der Waals surface area contributed by atoms with Crippen LogP contribution in [0.3, 0.4) is 0 Å². The van der Waals surface area contributed by atoms with Gasteiger partial charge in [0.05, 0.1) is 13.2 Å². The van der Waals surface area contributed by atoms with Crippen LogP contribution in [-0.2, 0) is 29.1 Å². The van der Waals surface area contributed by atoms with Crippen LogP contribution in [-0.4, -0.2) is 80.4 Å². The lowest BCUT2D eigenvalue weighted by Crippen LogP contribution is -2.66. The van der Waals surface area contributed by atoms with Gasteiger partial charge in [0.1, 0.15) is 5.75 Å². The predicted molar refractivity (Wildman–Crippen MR) is 90.2 cm³/mol. The van der Waals surface area contributed by atoms with Gasteiger partial charge in [-0.25, -0.2) is 18.4 Å². The molecule has 2 aliphatic rings. The molecule has 1 aliphatic heterocycles. The molecule has 1 saturated carbocycles. The van der Waals surface area contributed by atoms with E-state index < -0.39 is 75.1 Å². The molecule has 0 unspecified atom stereocenters. The van der Waals surface area contributed by atoms with Gasteiger partial charge in [-0.1, -0.05) is 0 Å². The number of ketones is 1. The number of carbonyl (C=O) groups excluding carboxylic acids is 3. The molecule has 1 heterocycles. The predicted octanol–water partition coefficient (Wildman–Crippen LogP) is -1.74. The number of aliphatic hydroxyl groups excluding tert-OH is 1. The minimum absolute atomic E-state index is 0.124. The second kappa shape index (κ2) is 7.57. The fourth-order valence-corrected chi connectivity index (χ4v) is 4.43. The molecule has 0 spiro atoms. The number of hydrogen-bond donors (Lipinski definition) is 3. The molecule has 1 amide bonds. The molecule has 0 saturated heterocycles. The molecule has 0 aromatic rings. The van der Waals surface area contributed by atoms with E-state index in [4.69, 9.17) is 5.14 Å². The summed E-state index contributed by atoms with van der Waals surface area (Å²) in [5.74, 6) is -8.24. The second-order valence-electron chi connectivity index (χ2n) is 7.03. The number of amides is 1. The number of alkyl halides is 3. The summed E-state index contributed by atoms with van der Waals surface area (Å²) in [6, 6.07) is 0. The van der Waals surface area contributed by atoms with Gasteiger partial charge in [-0.2, -0.15) is 13.2 Å². The van der Waals surface area contributed by atoms with E-state index in [1.54, 1.807) is 0 Å². The van der Waals surface area contributed by atoms with Crippen molar-refractivity contribution in [3.05, 3.63) is 11.8 Å². The largest absolute Gasteiger partial charge is 0.467 e. The number of aliphatic hydroxyl groups is 1. The van der Waals surface area contributed by atoms with Gasteiger partial charge in [-0.05, 0) is 12.3 Å². The number of Topliss-reactive ketones (excluding diaryl/α,β-unsaturated/α-hetero) is 1. The summed E-state index contributed by atoms with van der Waals surface area (Å²) >= 11 is 0. The summed E-state index contributed by atoms with van der Waals surface area (Å²) < 4.78 is 66.0. The maximum Gasteiger partial charge on any atom is 0.454 e. The molecule has 2 rings (SSSR count). The SMILES string of the molecule is COC(=O)[C@@]1(NC(=O)CS(N)(=O)=O)[C@@H]2CN(C)C=C(C(=O)C(F)(F)F)[C@@H]2C[C@@H]1O. The third-order valence-electron chi connectivity index (χ3n) is 5.04. The first kappa shape index (κ1) is 23.1. The standard InChI is InChI=1S/C15H20F3N3O7S/c1-21-4-8(12(24)15(16,17)18)7-3-10(22)14(9(7)5-21,13(25)28-2)20-11(23)6-29(19,26)27/h4,7,9-10,22H,3,5-6H2,1-2H3,(H,20,23)(H2,19,26,27)/t7-,9+,10-,14+/m0/s1. The number of nitrogens with one attached hydrogen (secondary N) is 1. The number of halogens is 3. The maximum atomic E-state index is 13.0. The number of nitrogens with zero attached hydrogens (tertiary/aromatic N) is 1. The minimum Gasteiger partial charge on any atom is -0.467 e. The topological polar surface area (TPSA) is 156 Å². The fourth-order valence-electron chi connectivity index (χ4n) is 3.99. The van der Waals surface area contributed by atoms with Gasteiger partial charge in [0.25, 0.3) is 5.78 Å². The highest BCUT2D eigenvalue weighted by atomic mass is 32.2. The van der Waals surface area contributed by atoms with Crippen LogP contribution in [0, 0.1) is 11.8 Å². The Hall–Kier alpha value is -2.19. The fraction of sp³-hybridized carbons (Fsp3) is 0.667. The summed E-state index contributed by atoms with van der Waals surface area (Å²) in [5, 5.41) is 17.5. The van der Waals surface area contributed by atoms with Gasteiger partial charge >= 0.3 is 12.1 Å². The van der Waals surface area contributed by atoms with Crippen molar-refractivity contribution in [2.75, 3.05) is 26.5 Å². The number of fused-ring (bicyclic) bond motifs is 1. The first-order chi connectivity index (χ1) is 13.1. The van der Waals surface area contributed by atoms with Crippen LogP contribution in [0.1, 0.15) is 6.42 Å². The molecule has 0 radical (unpaired) electrons. The zero-order valence-electron chi connectivity index (χ0n) is 15.4. The van der Waals surface area contributed by atoms with Crippen molar-refractivity contribution in [2.24, 2.45) is 17.0 Å². The highest BCUT2D eigenvalue weighted by molar-refractivity contribution is 7.89. The van der Waals surface area contributed by atoms with E-state index in [-0.39, 0.29) is 6.54 Å². The first-order valence-corrected chi connectivity index (χ1v) is 9.96. The number of rotatable bonds is 5. The lowest BCUT2D eigenvalue weighted by atomic mass is 9.76. The summed E-state index contributed by atoms with van der Waals surface area (Å²) in [4.78, 5) is 37.8. The van der Waals surface area contributed by atoms with Crippen LogP contribution in [0.25, 0.3) is 0 Å². The van der Waals surface area contributed by atoms with Gasteiger partial charge in [0, 0.05) is 31.3 Å². The zero-order chi connectivity index (χ0) is 22.4. The summed E-state index contributed by atoms with van der Waals surface area (Å²) in [6.45, 7) is -0.124. The van der Waals surface area contributed by atoms with E-state index in [0.717, 1.165) is 13.3 Å². The molecule has 0 aromatic heterocycles. The third kappa shape index (κ3) is 4.38. The molecule has 164 valence electrons. The van der Waals surface area contributed by atoms with Gasteiger partial charge in [0.15, 0.2) is 5.54 Å². The highest BCUT2D eigenvalue weighted by Crippen LogP contribution is 2.48. The Kier molecular flexibility index (Phi) is 6.03. The van der Waals surface area contributed by atoms with Gasteiger partial charge in [-0.3, -0.25) is 9.59 Å². The van der Waals surface area contributed by atoms with Crippen molar-refractivity contribution >= 4 is 27.7 Å². The average molecular weight is 443 g/mol. The normalized spacial score (nSPS) is 29.7. The highest BCUT2D eigenvalue weighted by Gasteiger charge is 2.64. The maximum absolute atomic E-state index is 13.0. The molecular formula is C15H20F3N3O7S. The van der Waals surface area contributed by atoms with Gasteiger partial charge in [0.2, 0.25) is 15.9 Å². The quantitative estimate of drug-likeness (QED) is 0.423. The Morgan fingerprint density at radius 1 is 1.41 bits per heavy atom. The smallest absolute Gasteiger partial charge is 0.454 e. The van der Waals surface area contributed by atoms with E-state index in [1.165, 1.54) is 11.9 Å². The molecule has 1 fully saturated rings. The molecule has 0 aromatic carbocycles. The monoisotopic (exact) mass is 443 g/mol. The van der Waals surface area contributed by atoms with E-state index in [2.05, 4.69) is 10.1 Å². The summed E-state index contributed by atoms with van der Waals surface area (Å²) in [7, 11) is -2.02. The molecule has 10 nitrogen and oxygen atoms in total. The molecular weight excluding hydrogens is 423 g/mol. The van der Waals surface area contributed by atoms with Crippen LogP contribution >= 0.6 is 0 Å². The van der Waals surface area contributed by atoms with Gasteiger partial charge in [-0.15, -0.1) is 0 Å². The minimum atomic E-state index is -5.19. The van der Waals surface area contributed by atoms with Crippen molar-refractivity contribution < 1.29 is 45.8 Å². The number of hydrogen-bond acceptors (Lipinski definition) is 8. The lowest BCUT2D eigenvalue weighted by Gasteiger charge is -2.41. The number of methoxy groups -OCH3 is 1. The molecule has 29 heavy (non-hydrogen) atoms. The number of esters is 1. The van der Waals surface area contributed by atoms with Crippen LogP contribution in [0.2, 0.25) is 0 Å². The van der Waals surface area contributed by atoms with E-state index in [9.17, 15) is 41.1 Å². The molecule has 1 aliphatic carbocycles. The lowest BCUT2D eigenvalue weighted by molar-refractivity contribution is -0.168. The van der Waals surface area contributed by atoms with E-state index in [1.807, 2.05) is 0 Å². The number of primary sulfonamides is 1. The second-order valence-corrected chi connectivity index (χ2v) is 8.65. The number of nitrogens with two attached hydrogens (primary N) is 1. The van der Waals surface area contributed by atoms with Crippen molar-refractivity contribution in [3.63, 3.8) is 0 Å². The number of ether oxygens (including phenoxy) is 1. The van der Waals surface area contributed by atoms with Crippen LogP contribution in [0.5, 0.6) is 0 Å². The summed E-state index contributed by atoms with van der Waals surface area (Å²) in [5.41, 5.74) is -2.94. The average Bonchev–Trinajstić information content (AvgIpc) is 2.83. The van der Waals surface area contributed by atoms with Gasteiger partial charge < -0.3 is 20.1 Å². The number of sulfonamides is 1. The Labute approximate surface area is 163 Å². The van der Waals surface area contributed by atoms with Crippen molar-refractivity contribution in [3.8, 4) is 0 Å². The molecule has 14 heteroatoms. The zero-order valence-corrected chi connectivity index (χ0v) is 16.2. The third-order valence-corrected chi connectivity index (χ3v) is 5.70. The Morgan fingerprint density at radius 3 is 2.48 bits per heavy atom.